The third-order valence-corrected chi connectivity index (χ3v) is 4.59. The van der Waals surface area contributed by atoms with E-state index in [0.717, 1.165) is 22.4 Å². The zero-order valence-corrected chi connectivity index (χ0v) is 16.1. The van der Waals surface area contributed by atoms with E-state index in [0.29, 0.717) is 17.3 Å². The molecule has 138 valence electrons. The Kier molecular flexibility index (Phi) is 5.50. The van der Waals surface area contributed by atoms with Gasteiger partial charge in [0, 0.05) is 17.8 Å². The fourth-order valence-electron chi connectivity index (χ4n) is 2.88. The van der Waals surface area contributed by atoms with Gasteiger partial charge in [0.15, 0.2) is 0 Å². The van der Waals surface area contributed by atoms with E-state index in [4.69, 9.17) is 0 Å². The maximum atomic E-state index is 12.7. The predicted octanol–water partition coefficient (Wildman–Crippen LogP) is 4.83. The van der Waals surface area contributed by atoms with Crippen LogP contribution < -0.4 is 10.6 Å². The molecule has 0 saturated carbocycles. The van der Waals surface area contributed by atoms with Gasteiger partial charge in [-0.3, -0.25) is 4.79 Å². The first kappa shape index (κ1) is 18.6. The first-order valence-electron chi connectivity index (χ1n) is 8.99. The minimum absolute atomic E-state index is 0.0652. The summed E-state index contributed by atoms with van der Waals surface area (Å²) in [4.78, 5) is 21.4. The third-order valence-electron chi connectivity index (χ3n) is 4.59. The second kappa shape index (κ2) is 7.99. The minimum Gasteiger partial charge on any atom is -0.363 e. The number of nitrogens with one attached hydrogen (secondary N) is 2. The molecule has 2 aromatic carbocycles. The van der Waals surface area contributed by atoms with Crippen LogP contribution >= 0.6 is 0 Å². The van der Waals surface area contributed by atoms with Crippen molar-refractivity contribution in [1.82, 2.24) is 9.97 Å². The molecule has 0 aliphatic heterocycles. The standard InChI is InChI=1S/C22H24N4O/c1-14-9-8-12-19(15(14)2)26-22(27)20-13-21(25-17(4)24-20)23-16(3)18-10-6-5-7-11-18/h5-13,16H,1-4H3,(H,26,27)(H,23,24,25). The molecule has 0 saturated heterocycles. The highest BCUT2D eigenvalue weighted by Gasteiger charge is 2.14. The Balaban J connectivity index is 1.80. The van der Waals surface area contributed by atoms with Gasteiger partial charge in [0.1, 0.15) is 17.3 Å². The quantitative estimate of drug-likeness (QED) is 0.684. The minimum atomic E-state index is -0.246. The Morgan fingerprint density at radius 3 is 2.44 bits per heavy atom. The van der Waals surface area contributed by atoms with Gasteiger partial charge < -0.3 is 10.6 Å². The molecule has 2 N–H and O–H groups in total. The molecule has 0 radical (unpaired) electrons. The Labute approximate surface area is 159 Å². The van der Waals surface area contributed by atoms with Gasteiger partial charge in [0.05, 0.1) is 0 Å². The molecule has 5 heteroatoms. The van der Waals surface area contributed by atoms with Gasteiger partial charge in [-0.25, -0.2) is 9.97 Å². The lowest BCUT2D eigenvalue weighted by Gasteiger charge is -2.16. The van der Waals surface area contributed by atoms with Crippen molar-refractivity contribution in [1.29, 1.82) is 0 Å². The van der Waals surface area contributed by atoms with E-state index in [-0.39, 0.29) is 11.9 Å². The van der Waals surface area contributed by atoms with Crippen LogP contribution in [0.15, 0.2) is 54.6 Å². The molecule has 0 aliphatic carbocycles. The molecule has 3 aromatic rings. The van der Waals surface area contributed by atoms with Crippen molar-refractivity contribution in [2.24, 2.45) is 0 Å². The van der Waals surface area contributed by atoms with Crippen LogP contribution in [0, 0.1) is 20.8 Å². The molecular formula is C22H24N4O. The summed E-state index contributed by atoms with van der Waals surface area (Å²) in [7, 11) is 0. The third kappa shape index (κ3) is 4.50. The molecule has 3 rings (SSSR count). The number of aryl methyl sites for hydroxylation is 2. The zero-order chi connectivity index (χ0) is 19.4. The van der Waals surface area contributed by atoms with Gasteiger partial charge in [-0.1, -0.05) is 42.5 Å². The number of carbonyl (C=O) groups excluding carboxylic acids is 1. The normalized spacial score (nSPS) is 11.7. The largest absolute Gasteiger partial charge is 0.363 e. The van der Waals surface area contributed by atoms with Crippen molar-refractivity contribution in [2.75, 3.05) is 10.6 Å². The molecule has 0 spiro atoms. The average Bonchev–Trinajstić information content (AvgIpc) is 2.65. The van der Waals surface area contributed by atoms with Gasteiger partial charge in [-0.2, -0.15) is 0 Å². The lowest BCUT2D eigenvalue weighted by molar-refractivity contribution is 0.102. The number of hydrogen-bond donors (Lipinski definition) is 2. The molecule has 0 fully saturated rings. The molecule has 1 unspecified atom stereocenters. The van der Waals surface area contributed by atoms with Crippen molar-refractivity contribution in [3.8, 4) is 0 Å². The van der Waals surface area contributed by atoms with Crippen molar-refractivity contribution in [3.05, 3.63) is 82.8 Å². The van der Waals surface area contributed by atoms with Crippen LogP contribution in [0.5, 0.6) is 0 Å². The topological polar surface area (TPSA) is 66.9 Å². The van der Waals surface area contributed by atoms with Gasteiger partial charge >= 0.3 is 0 Å². The molecule has 5 nitrogen and oxygen atoms in total. The first-order valence-corrected chi connectivity index (χ1v) is 8.99. The smallest absolute Gasteiger partial charge is 0.274 e. The molecule has 1 amide bonds. The number of anilines is 2. The van der Waals surface area contributed by atoms with Crippen LogP contribution in [0.3, 0.4) is 0 Å². The Morgan fingerprint density at radius 2 is 1.70 bits per heavy atom. The monoisotopic (exact) mass is 360 g/mol. The highest BCUT2D eigenvalue weighted by molar-refractivity contribution is 6.03. The highest BCUT2D eigenvalue weighted by atomic mass is 16.1. The summed E-state index contributed by atoms with van der Waals surface area (Å²) in [5.74, 6) is 0.931. The van der Waals surface area contributed by atoms with Gasteiger partial charge in [0.25, 0.3) is 5.91 Å². The maximum absolute atomic E-state index is 12.7. The summed E-state index contributed by atoms with van der Waals surface area (Å²) in [5, 5.41) is 6.30. The van der Waals surface area contributed by atoms with E-state index in [9.17, 15) is 4.79 Å². The van der Waals surface area contributed by atoms with E-state index in [2.05, 4.69) is 39.7 Å². The van der Waals surface area contributed by atoms with E-state index in [1.165, 1.54) is 0 Å². The number of carbonyl (C=O) groups is 1. The number of amides is 1. The summed E-state index contributed by atoms with van der Waals surface area (Å²) < 4.78 is 0. The number of rotatable bonds is 5. The fraction of sp³-hybridized carbons (Fsp3) is 0.227. The fourth-order valence-corrected chi connectivity index (χ4v) is 2.88. The molecule has 27 heavy (non-hydrogen) atoms. The van der Waals surface area contributed by atoms with E-state index in [1.807, 2.05) is 50.2 Å². The number of aromatic nitrogens is 2. The second-order valence-corrected chi connectivity index (χ2v) is 6.66. The van der Waals surface area contributed by atoms with Crippen molar-refractivity contribution in [2.45, 2.75) is 33.7 Å². The average molecular weight is 360 g/mol. The summed E-state index contributed by atoms with van der Waals surface area (Å²) in [5.41, 5.74) is 4.46. The van der Waals surface area contributed by atoms with Crippen LogP contribution in [0.4, 0.5) is 11.5 Å². The van der Waals surface area contributed by atoms with Crippen LogP contribution in [0.1, 0.15) is 46.0 Å². The Morgan fingerprint density at radius 1 is 0.963 bits per heavy atom. The molecule has 1 heterocycles. The lowest BCUT2D eigenvalue weighted by atomic mass is 10.1. The van der Waals surface area contributed by atoms with Crippen molar-refractivity contribution in [3.63, 3.8) is 0 Å². The molecule has 0 bridgehead atoms. The number of nitrogens with zero attached hydrogens (tertiary/aromatic N) is 2. The van der Waals surface area contributed by atoms with Crippen LogP contribution in [0.25, 0.3) is 0 Å². The predicted molar refractivity (Wildman–Crippen MR) is 109 cm³/mol. The summed E-state index contributed by atoms with van der Waals surface area (Å²) in [6.45, 7) is 7.85. The summed E-state index contributed by atoms with van der Waals surface area (Å²) >= 11 is 0. The van der Waals surface area contributed by atoms with E-state index >= 15 is 0 Å². The van der Waals surface area contributed by atoms with Gasteiger partial charge in [-0.15, -0.1) is 0 Å². The maximum Gasteiger partial charge on any atom is 0.274 e. The number of hydrogen-bond acceptors (Lipinski definition) is 4. The van der Waals surface area contributed by atoms with E-state index < -0.39 is 0 Å². The summed E-state index contributed by atoms with van der Waals surface area (Å²) in [6, 6.07) is 17.7. The first-order chi connectivity index (χ1) is 12.9. The Hall–Kier alpha value is -3.21. The zero-order valence-electron chi connectivity index (χ0n) is 16.1. The molecule has 1 aromatic heterocycles. The second-order valence-electron chi connectivity index (χ2n) is 6.66. The van der Waals surface area contributed by atoms with Crippen LogP contribution in [-0.2, 0) is 0 Å². The van der Waals surface area contributed by atoms with Crippen LogP contribution in [0.2, 0.25) is 0 Å². The van der Waals surface area contributed by atoms with Crippen LogP contribution in [-0.4, -0.2) is 15.9 Å². The highest BCUT2D eigenvalue weighted by Crippen LogP contribution is 2.21. The molecule has 0 aliphatic rings. The summed E-state index contributed by atoms with van der Waals surface area (Å²) in [6.07, 6.45) is 0. The van der Waals surface area contributed by atoms with E-state index in [1.54, 1.807) is 13.0 Å². The molecule has 1 atom stereocenters. The van der Waals surface area contributed by atoms with Crippen molar-refractivity contribution >= 4 is 17.4 Å². The molecular weight excluding hydrogens is 336 g/mol. The van der Waals surface area contributed by atoms with Crippen molar-refractivity contribution < 1.29 is 4.79 Å². The Bertz CT molecular complexity index is 954. The number of benzene rings is 2. The van der Waals surface area contributed by atoms with Gasteiger partial charge in [-0.05, 0) is 50.5 Å². The lowest BCUT2D eigenvalue weighted by Crippen LogP contribution is -2.17. The SMILES string of the molecule is Cc1nc(NC(C)c2ccccc2)cc(C(=O)Nc2cccc(C)c2C)n1. The van der Waals surface area contributed by atoms with Gasteiger partial charge in [0.2, 0.25) is 0 Å².